The maximum Gasteiger partial charge on any atom is 0.0340 e. The van der Waals surface area contributed by atoms with E-state index in [1.165, 1.54) is 25.9 Å². The van der Waals surface area contributed by atoms with Crippen LogP contribution in [0.3, 0.4) is 0 Å². The molecule has 1 atom stereocenters. The summed E-state index contributed by atoms with van der Waals surface area (Å²) in [6.07, 6.45) is 2.60. The summed E-state index contributed by atoms with van der Waals surface area (Å²) in [4.78, 5) is 5.00. The van der Waals surface area contributed by atoms with Crippen LogP contribution in [0, 0.1) is 0 Å². The van der Waals surface area contributed by atoms with Crippen molar-refractivity contribution < 1.29 is 0 Å². The number of nitrogens with zero attached hydrogens (tertiary/aromatic N) is 2. The van der Waals surface area contributed by atoms with Crippen molar-refractivity contribution in [2.24, 2.45) is 0 Å². The van der Waals surface area contributed by atoms with Crippen molar-refractivity contribution in [3.05, 3.63) is 0 Å². The first kappa shape index (κ1) is 11.0. The SMILES string of the molecule is CCC1(N(C)C)CCN(C(C)C)C1. The molecule has 0 aromatic heterocycles. The van der Waals surface area contributed by atoms with Crippen LogP contribution in [0.4, 0.5) is 0 Å². The van der Waals surface area contributed by atoms with E-state index < -0.39 is 0 Å². The van der Waals surface area contributed by atoms with Gasteiger partial charge in [0.05, 0.1) is 0 Å². The van der Waals surface area contributed by atoms with Crippen LogP contribution in [-0.4, -0.2) is 48.6 Å². The van der Waals surface area contributed by atoms with Gasteiger partial charge in [-0.15, -0.1) is 0 Å². The highest BCUT2D eigenvalue weighted by atomic mass is 15.3. The largest absolute Gasteiger partial charge is 0.302 e. The van der Waals surface area contributed by atoms with Crippen LogP contribution in [0.5, 0.6) is 0 Å². The normalized spacial score (nSPS) is 30.7. The van der Waals surface area contributed by atoms with Crippen LogP contribution in [0.25, 0.3) is 0 Å². The van der Waals surface area contributed by atoms with Crippen LogP contribution in [-0.2, 0) is 0 Å². The zero-order chi connectivity index (χ0) is 10.1. The van der Waals surface area contributed by atoms with Gasteiger partial charge in [0.25, 0.3) is 0 Å². The first-order valence-corrected chi connectivity index (χ1v) is 5.43. The Morgan fingerprint density at radius 3 is 2.23 bits per heavy atom. The van der Waals surface area contributed by atoms with Crippen LogP contribution < -0.4 is 0 Å². The lowest BCUT2D eigenvalue weighted by molar-refractivity contribution is 0.139. The van der Waals surface area contributed by atoms with Gasteiger partial charge in [-0.1, -0.05) is 6.92 Å². The van der Waals surface area contributed by atoms with Gasteiger partial charge in [0.1, 0.15) is 0 Å². The quantitative estimate of drug-likeness (QED) is 0.660. The van der Waals surface area contributed by atoms with E-state index in [9.17, 15) is 0 Å². The Bertz CT molecular complexity index is 165. The molecule has 1 rings (SSSR count). The van der Waals surface area contributed by atoms with Gasteiger partial charge in [-0.25, -0.2) is 0 Å². The molecular weight excluding hydrogens is 160 g/mol. The number of likely N-dealkylation sites (tertiary alicyclic amines) is 1. The molecule has 1 aliphatic heterocycles. The predicted molar refractivity (Wildman–Crippen MR) is 58.0 cm³/mol. The highest BCUT2D eigenvalue weighted by Gasteiger charge is 2.38. The number of likely N-dealkylation sites (N-methyl/N-ethyl adjacent to an activating group) is 1. The average Bonchev–Trinajstić information content (AvgIpc) is 2.49. The minimum Gasteiger partial charge on any atom is -0.302 e. The molecule has 2 heteroatoms. The molecule has 0 spiro atoms. The highest BCUT2D eigenvalue weighted by Crippen LogP contribution is 2.30. The molecule has 78 valence electrons. The van der Waals surface area contributed by atoms with Crippen molar-refractivity contribution in [1.29, 1.82) is 0 Å². The highest BCUT2D eigenvalue weighted by molar-refractivity contribution is 4.96. The van der Waals surface area contributed by atoms with E-state index in [0.29, 0.717) is 11.6 Å². The summed E-state index contributed by atoms with van der Waals surface area (Å²) >= 11 is 0. The van der Waals surface area contributed by atoms with Gasteiger partial charge >= 0.3 is 0 Å². The predicted octanol–water partition coefficient (Wildman–Crippen LogP) is 1.81. The standard InChI is InChI=1S/C11H24N2/c1-6-11(12(4)5)7-8-13(9-11)10(2)3/h10H,6-9H2,1-5H3. The average molecular weight is 184 g/mol. The van der Waals surface area contributed by atoms with E-state index in [-0.39, 0.29) is 0 Å². The lowest BCUT2D eigenvalue weighted by atomic mass is 9.94. The summed E-state index contributed by atoms with van der Waals surface area (Å²) in [5, 5.41) is 0. The Morgan fingerprint density at radius 2 is 2.00 bits per heavy atom. The van der Waals surface area contributed by atoms with E-state index in [4.69, 9.17) is 0 Å². The molecule has 0 aliphatic carbocycles. The topological polar surface area (TPSA) is 6.48 Å². The molecule has 0 aromatic rings. The number of hydrogen-bond donors (Lipinski definition) is 0. The van der Waals surface area contributed by atoms with Crippen LogP contribution in [0.15, 0.2) is 0 Å². The lowest BCUT2D eigenvalue weighted by Crippen LogP contribution is -2.46. The van der Waals surface area contributed by atoms with Crippen molar-refractivity contribution in [1.82, 2.24) is 9.80 Å². The molecule has 1 saturated heterocycles. The van der Waals surface area contributed by atoms with Crippen molar-refractivity contribution >= 4 is 0 Å². The summed E-state index contributed by atoms with van der Waals surface area (Å²) < 4.78 is 0. The van der Waals surface area contributed by atoms with Gasteiger partial charge < -0.3 is 4.90 Å². The van der Waals surface area contributed by atoms with E-state index >= 15 is 0 Å². The van der Waals surface area contributed by atoms with Crippen molar-refractivity contribution in [2.45, 2.75) is 45.2 Å². The second kappa shape index (κ2) is 3.97. The van der Waals surface area contributed by atoms with E-state index in [1.807, 2.05) is 0 Å². The lowest BCUT2D eigenvalue weighted by Gasteiger charge is -2.36. The number of rotatable bonds is 3. The fourth-order valence-corrected chi connectivity index (χ4v) is 2.30. The molecule has 0 saturated carbocycles. The smallest absolute Gasteiger partial charge is 0.0340 e. The third-order valence-corrected chi connectivity index (χ3v) is 3.70. The van der Waals surface area contributed by atoms with E-state index in [0.717, 1.165) is 0 Å². The van der Waals surface area contributed by atoms with Gasteiger partial charge in [0, 0.05) is 24.7 Å². The monoisotopic (exact) mass is 184 g/mol. The second-order valence-corrected chi connectivity index (χ2v) is 4.79. The zero-order valence-corrected chi connectivity index (χ0v) is 9.80. The minimum absolute atomic E-state index is 0.449. The Kier molecular flexibility index (Phi) is 3.36. The second-order valence-electron chi connectivity index (χ2n) is 4.79. The van der Waals surface area contributed by atoms with Gasteiger partial charge in [-0.3, -0.25) is 4.90 Å². The molecule has 0 aromatic carbocycles. The third-order valence-electron chi connectivity index (χ3n) is 3.70. The first-order chi connectivity index (χ1) is 6.02. The van der Waals surface area contributed by atoms with E-state index in [2.05, 4.69) is 44.7 Å². The molecule has 13 heavy (non-hydrogen) atoms. The summed E-state index contributed by atoms with van der Waals surface area (Å²) in [5.74, 6) is 0. The summed E-state index contributed by atoms with van der Waals surface area (Å²) in [6.45, 7) is 9.41. The number of hydrogen-bond acceptors (Lipinski definition) is 2. The molecule has 1 fully saturated rings. The van der Waals surface area contributed by atoms with E-state index in [1.54, 1.807) is 0 Å². The Balaban J connectivity index is 2.63. The first-order valence-electron chi connectivity index (χ1n) is 5.43. The van der Waals surface area contributed by atoms with Crippen LogP contribution in [0.2, 0.25) is 0 Å². The van der Waals surface area contributed by atoms with Gasteiger partial charge in [0.2, 0.25) is 0 Å². The fraction of sp³-hybridized carbons (Fsp3) is 1.00. The molecule has 1 aliphatic rings. The summed E-state index contributed by atoms with van der Waals surface area (Å²) in [7, 11) is 4.43. The van der Waals surface area contributed by atoms with Gasteiger partial charge in [0.15, 0.2) is 0 Å². The molecular formula is C11H24N2. The Hall–Kier alpha value is -0.0800. The van der Waals surface area contributed by atoms with Crippen molar-refractivity contribution in [2.75, 3.05) is 27.2 Å². The summed E-state index contributed by atoms with van der Waals surface area (Å²) in [5.41, 5.74) is 0.449. The molecule has 1 unspecified atom stereocenters. The maximum atomic E-state index is 2.59. The van der Waals surface area contributed by atoms with Crippen molar-refractivity contribution in [3.63, 3.8) is 0 Å². The van der Waals surface area contributed by atoms with Gasteiger partial charge in [-0.2, -0.15) is 0 Å². The zero-order valence-electron chi connectivity index (χ0n) is 9.80. The van der Waals surface area contributed by atoms with Crippen molar-refractivity contribution in [3.8, 4) is 0 Å². The Labute approximate surface area is 82.9 Å². The molecule has 1 heterocycles. The minimum atomic E-state index is 0.449. The Morgan fingerprint density at radius 1 is 1.38 bits per heavy atom. The van der Waals surface area contributed by atoms with Crippen LogP contribution in [0.1, 0.15) is 33.6 Å². The molecule has 2 nitrogen and oxygen atoms in total. The summed E-state index contributed by atoms with van der Waals surface area (Å²) in [6, 6.07) is 0.702. The molecule has 0 amide bonds. The molecule has 0 N–H and O–H groups in total. The molecule has 0 radical (unpaired) electrons. The van der Waals surface area contributed by atoms with Crippen LogP contribution >= 0.6 is 0 Å². The van der Waals surface area contributed by atoms with Gasteiger partial charge in [-0.05, 0) is 40.8 Å². The molecule has 0 bridgehead atoms. The maximum absolute atomic E-state index is 2.59. The third kappa shape index (κ3) is 2.05. The fourth-order valence-electron chi connectivity index (χ4n) is 2.30.